The maximum Gasteiger partial charge on any atom is 0.0605 e. The molecule has 0 atom stereocenters. The van der Waals surface area contributed by atoms with Crippen LogP contribution in [0.5, 0.6) is 0 Å². The summed E-state index contributed by atoms with van der Waals surface area (Å²) in [6.07, 6.45) is 4.33. The third kappa shape index (κ3) is 1.21. The molecule has 0 unspecified atom stereocenters. The number of allylic oxidation sites excluding steroid dienone is 1. The fourth-order valence-corrected chi connectivity index (χ4v) is 1.14. The van der Waals surface area contributed by atoms with Gasteiger partial charge in [-0.1, -0.05) is 13.8 Å². The fourth-order valence-electron chi connectivity index (χ4n) is 1.14. The van der Waals surface area contributed by atoms with Crippen LogP contribution in [0.1, 0.15) is 26.7 Å². The molecule has 0 bridgehead atoms. The number of nitrogens with zero attached hydrogens (tertiary/aromatic N) is 1. The van der Waals surface area contributed by atoms with E-state index in [1.54, 1.807) is 0 Å². The van der Waals surface area contributed by atoms with Crippen LogP contribution in [0.2, 0.25) is 0 Å². The summed E-state index contributed by atoms with van der Waals surface area (Å²) in [6, 6.07) is 0. The lowest BCUT2D eigenvalue weighted by Gasteiger charge is -1.96. The summed E-state index contributed by atoms with van der Waals surface area (Å²) in [5, 5.41) is 0. The van der Waals surface area contributed by atoms with Gasteiger partial charge in [0.1, 0.15) is 0 Å². The zero-order valence-electron chi connectivity index (χ0n) is 6.15. The summed E-state index contributed by atoms with van der Waals surface area (Å²) in [7, 11) is 0. The standard InChI is InChI=1S/C8H13N/c1-3-7-5-9-6-8(7)4-2/h5H,3-4,6H2,1-2H3. The van der Waals surface area contributed by atoms with Crippen molar-refractivity contribution in [2.75, 3.05) is 6.54 Å². The highest BCUT2D eigenvalue weighted by Gasteiger charge is 2.04. The summed E-state index contributed by atoms with van der Waals surface area (Å²) in [5.41, 5.74) is 2.98. The Kier molecular flexibility index (Phi) is 2.04. The zero-order valence-corrected chi connectivity index (χ0v) is 6.15. The second-order valence-corrected chi connectivity index (χ2v) is 2.31. The van der Waals surface area contributed by atoms with Crippen molar-refractivity contribution in [1.82, 2.24) is 0 Å². The lowest BCUT2D eigenvalue weighted by atomic mass is 10.1. The molecule has 1 aliphatic rings. The first-order valence-electron chi connectivity index (χ1n) is 3.59. The molecule has 1 nitrogen and oxygen atoms in total. The minimum absolute atomic E-state index is 0.958. The van der Waals surface area contributed by atoms with E-state index in [1.165, 1.54) is 17.6 Å². The number of hydrogen-bond donors (Lipinski definition) is 0. The first-order chi connectivity index (χ1) is 4.38. The van der Waals surface area contributed by atoms with Gasteiger partial charge in [0, 0.05) is 6.21 Å². The van der Waals surface area contributed by atoms with Crippen LogP contribution >= 0.6 is 0 Å². The highest BCUT2D eigenvalue weighted by atomic mass is 14.7. The third-order valence-corrected chi connectivity index (χ3v) is 1.79. The molecule has 9 heavy (non-hydrogen) atoms. The molecule has 0 saturated heterocycles. The zero-order chi connectivity index (χ0) is 6.69. The molecule has 1 aliphatic heterocycles. The lowest BCUT2D eigenvalue weighted by molar-refractivity contribution is 0.999. The molecule has 0 fully saturated rings. The van der Waals surface area contributed by atoms with Crippen molar-refractivity contribution in [1.29, 1.82) is 0 Å². The summed E-state index contributed by atoms with van der Waals surface area (Å²) >= 11 is 0. The molecule has 0 aliphatic carbocycles. The molecule has 0 aromatic rings. The van der Waals surface area contributed by atoms with E-state index in [2.05, 4.69) is 18.8 Å². The van der Waals surface area contributed by atoms with E-state index >= 15 is 0 Å². The highest BCUT2D eigenvalue weighted by Crippen LogP contribution is 2.15. The van der Waals surface area contributed by atoms with E-state index in [-0.39, 0.29) is 0 Å². The Morgan fingerprint density at radius 1 is 1.44 bits per heavy atom. The van der Waals surface area contributed by atoms with Crippen LogP contribution in [0.4, 0.5) is 0 Å². The molecule has 1 heterocycles. The van der Waals surface area contributed by atoms with Gasteiger partial charge in [-0.15, -0.1) is 0 Å². The van der Waals surface area contributed by atoms with Gasteiger partial charge in [-0.3, -0.25) is 4.99 Å². The SMILES string of the molecule is CCC1=C(CC)CN=C1. The summed E-state index contributed by atoms with van der Waals surface area (Å²) in [5.74, 6) is 0. The molecule has 50 valence electrons. The molecule has 0 radical (unpaired) electrons. The Labute approximate surface area is 56.5 Å². The number of rotatable bonds is 2. The van der Waals surface area contributed by atoms with Gasteiger partial charge in [-0.25, -0.2) is 0 Å². The van der Waals surface area contributed by atoms with Crippen molar-refractivity contribution in [2.24, 2.45) is 4.99 Å². The smallest absolute Gasteiger partial charge is 0.0605 e. The van der Waals surface area contributed by atoms with Crippen LogP contribution < -0.4 is 0 Å². The van der Waals surface area contributed by atoms with E-state index in [1.807, 2.05) is 6.21 Å². The van der Waals surface area contributed by atoms with E-state index in [0.717, 1.165) is 13.0 Å². The Bertz CT molecular complexity index is 154. The van der Waals surface area contributed by atoms with Gasteiger partial charge in [0.15, 0.2) is 0 Å². The molecule has 1 heteroatoms. The average molecular weight is 123 g/mol. The predicted octanol–water partition coefficient (Wildman–Crippen LogP) is 2.19. The molecule has 0 amide bonds. The van der Waals surface area contributed by atoms with E-state index in [4.69, 9.17) is 0 Å². The molecule has 0 spiro atoms. The Morgan fingerprint density at radius 2 is 2.22 bits per heavy atom. The van der Waals surface area contributed by atoms with Gasteiger partial charge in [0.05, 0.1) is 6.54 Å². The quantitative estimate of drug-likeness (QED) is 0.533. The Hall–Kier alpha value is -0.590. The number of aliphatic imine (C=N–C) groups is 1. The van der Waals surface area contributed by atoms with Crippen LogP contribution in [0.15, 0.2) is 16.1 Å². The van der Waals surface area contributed by atoms with Gasteiger partial charge < -0.3 is 0 Å². The van der Waals surface area contributed by atoms with Gasteiger partial charge >= 0.3 is 0 Å². The summed E-state index contributed by atoms with van der Waals surface area (Å²) in [6.45, 7) is 5.34. The minimum Gasteiger partial charge on any atom is -0.288 e. The molecule has 1 rings (SSSR count). The Balaban J connectivity index is 2.67. The van der Waals surface area contributed by atoms with Crippen LogP contribution in [0.25, 0.3) is 0 Å². The monoisotopic (exact) mass is 123 g/mol. The van der Waals surface area contributed by atoms with Gasteiger partial charge in [0.25, 0.3) is 0 Å². The van der Waals surface area contributed by atoms with Gasteiger partial charge in [0.2, 0.25) is 0 Å². The van der Waals surface area contributed by atoms with Crippen molar-refractivity contribution < 1.29 is 0 Å². The van der Waals surface area contributed by atoms with Crippen molar-refractivity contribution in [3.63, 3.8) is 0 Å². The minimum atomic E-state index is 0.958. The van der Waals surface area contributed by atoms with E-state index < -0.39 is 0 Å². The Morgan fingerprint density at radius 3 is 2.67 bits per heavy atom. The van der Waals surface area contributed by atoms with Crippen molar-refractivity contribution in [2.45, 2.75) is 26.7 Å². The van der Waals surface area contributed by atoms with Crippen molar-refractivity contribution in [3.05, 3.63) is 11.1 Å². The largest absolute Gasteiger partial charge is 0.288 e. The number of hydrogen-bond acceptors (Lipinski definition) is 1. The molecule has 0 N–H and O–H groups in total. The van der Waals surface area contributed by atoms with E-state index in [9.17, 15) is 0 Å². The average Bonchev–Trinajstić information content (AvgIpc) is 2.33. The maximum atomic E-state index is 4.19. The lowest BCUT2D eigenvalue weighted by Crippen LogP contribution is -1.85. The van der Waals surface area contributed by atoms with E-state index in [0.29, 0.717) is 0 Å². The first kappa shape index (κ1) is 6.53. The van der Waals surface area contributed by atoms with Crippen LogP contribution in [-0.4, -0.2) is 12.8 Å². The summed E-state index contributed by atoms with van der Waals surface area (Å²) in [4.78, 5) is 4.19. The van der Waals surface area contributed by atoms with Crippen LogP contribution in [0.3, 0.4) is 0 Å². The maximum absolute atomic E-state index is 4.19. The second kappa shape index (κ2) is 2.81. The normalized spacial score (nSPS) is 17.6. The third-order valence-electron chi connectivity index (χ3n) is 1.79. The fraction of sp³-hybridized carbons (Fsp3) is 0.625. The first-order valence-corrected chi connectivity index (χ1v) is 3.59. The van der Waals surface area contributed by atoms with Crippen LogP contribution in [-0.2, 0) is 0 Å². The van der Waals surface area contributed by atoms with Crippen molar-refractivity contribution >= 4 is 6.21 Å². The molecular weight excluding hydrogens is 110 g/mol. The van der Waals surface area contributed by atoms with Crippen molar-refractivity contribution in [3.8, 4) is 0 Å². The predicted molar refractivity (Wildman–Crippen MR) is 41.0 cm³/mol. The van der Waals surface area contributed by atoms with Crippen LogP contribution in [0, 0.1) is 0 Å². The topological polar surface area (TPSA) is 12.4 Å². The highest BCUT2D eigenvalue weighted by molar-refractivity contribution is 5.82. The molecule has 0 aromatic heterocycles. The second-order valence-electron chi connectivity index (χ2n) is 2.31. The molecular formula is C8H13N. The molecule has 0 saturated carbocycles. The molecule has 0 aromatic carbocycles. The van der Waals surface area contributed by atoms with Gasteiger partial charge in [-0.2, -0.15) is 0 Å². The van der Waals surface area contributed by atoms with Gasteiger partial charge in [-0.05, 0) is 24.0 Å². The summed E-state index contributed by atoms with van der Waals surface area (Å²) < 4.78 is 0.